The lowest BCUT2D eigenvalue weighted by molar-refractivity contribution is 0.179. The summed E-state index contributed by atoms with van der Waals surface area (Å²) in [5.41, 5.74) is 4.00. The first-order valence-corrected chi connectivity index (χ1v) is 7.74. The molecule has 2 rings (SSSR count). The maximum atomic E-state index is 9.43. The third kappa shape index (κ3) is 3.37. The summed E-state index contributed by atoms with van der Waals surface area (Å²) in [5, 5.41) is 9.43. The van der Waals surface area contributed by atoms with Gasteiger partial charge in [-0.3, -0.25) is 0 Å². The highest BCUT2D eigenvalue weighted by Crippen LogP contribution is 2.27. The van der Waals surface area contributed by atoms with Crippen molar-refractivity contribution in [1.82, 2.24) is 4.90 Å². The Balaban J connectivity index is 2.12. The van der Waals surface area contributed by atoms with E-state index in [0.717, 1.165) is 18.4 Å². The molecule has 0 bridgehead atoms. The van der Waals surface area contributed by atoms with Gasteiger partial charge in [-0.05, 0) is 61.9 Å². The Morgan fingerprint density at radius 1 is 1.21 bits per heavy atom. The third-order valence-electron chi connectivity index (χ3n) is 4.26. The van der Waals surface area contributed by atoms with Crippen LogP contribution in [-0.4, -0.2) is 29.1 Å². The molecule has 106 valence electrons. The van der Waals surface area contributed by atoms with Crippen molar-refractivity contribution in [2.24, 2.45) is 0 Å². The van der Waals surface area contributed by atoms with Gasteiger partial charge in [0.15, 0.2) is 0 Å². The van der Waals surface area contributed by atoms with Gasteiger partial charge < -0.3 is 10.0 Å². The van der Waals surface area contributed by atoms with Gasteiger partial charge in [0.25, 0.3) is 0 Å². The van der Waals surface area contributed by atoms with Crippen LogP contribution in [0, 0.1) is 0 Å². The molecule has 1 aromatic carbocycles. The Kier molecular flexibility index (Phi) is 5.41. The van der Waals surface area contributed by atoms with E-state index in [1.54, 1.807) is 0 Å². The summed E-state index contributed by atoms with van der Waals surface area (Å²) in [5.74, 6) is 0. The molecule has 1 N–H and O–H groups in total. The van der Waals surface area contributed by atoms with Crippen LogP contribution in [-0.2, 0) is 19.4 Å². The average Bonchev–Trinajstić information content (AvgIpc) is 2.45. The fourth-order valence-corrected chi connectivity index (χ4v) is 3.38. The summed E-state index contributed by atoms with van der Waals surface area (Å²) in [7, 11) is 0. The normalized spacial score (nSPS) is 18.6. The van der Waals surface area contributed by atoms with Gasteiger partial charge in [-0.15, -0.1) is 0 Å². The first-order chi connectivity index (χ1) is 9.30. The van der Waals surface area contributed by atoms with Gasteiger partial charge >= 0.3 is 0 Å². The van der Waals surface area contributed by atoms with Crippen molar-refractivity contribution >= 4 is 0 Å². The van der Waals surface area contributed by atoms with Crippen LogP contribution in [0.4, 0.5) is 0 Å². The van der Waals surface area contributed by atoms with Crippen molar-refractivity contribution in [3.05, 3.63) is 34.9 Å². The van der Waals surface area contributed by atoms with Crippen molar-refractivity contribution in [3.63, 3.8) is 0 Å². The molecule has 1 aromatic rings. The van der Waals surface area contributed by atoms with Gasteiger partial charge in [0.2, 0.25) is 0 Å². The predicted octanol–water partition coefficient (Wildman–Crippen LogP) is 3.16. The second kappa shape index (κ2) is 7.06. The van der Waals surface area contributed by atoms with Gasteiger partial charge in [-0.2, -0.15) is 0 Å². The van der Waals surface area contributed by atoms with Crippen molar-refractivity contribution in [3.8, 4) is 0 Å². The Morgan fingerprint density at radius 2 is 1.95 bits per heavy atom. The molecule has 0 radical (unpaired) electrons. The van der Waals surface area contributed by atoms with E-state index >= 15 is 0 Å². The Labute approximate surface area is 117 Å². The molecule has 1 aliphatic rings. The van der Waals surface area contributed by atoms with Crippen LogP contribution in [0.15, 0.2) is 18.2 Å². The fraction of sp³-hybridized carbons (Fsp3) is 0.647. The number of rotatable bonds is 6. The number of aliphatic hydroxyl groups is 1. The highest BCUT2D eigenvalue weighted by molar-refractivity contribution is 5.37. The van der Waals surface area contributed by atoms with E-state index in [4.69, 9.17) is 0 Å². The van der Waals surface area contributed by atoms with Crippen LogP contribution in [0.5, 0.6) is 0 Å². The zero-order valence-electron chi connectivity index (χ0n) is 12.4. The number of fused-ring (bicyclic) bond motifs is 1. The molecule has 0 saturated heterocycles. The molecule has 0 heterocycles. The molecular weight excluding hydrogens is 234 g/mol. The molecule has 1 aliphatic carbocycles. The molecule has 0 amide bonds. The minimum atomic E-state index is 0.182. The van der Waals surface area contributed by atoms with E-state index in [-0.39, 0.29) is 6.61 Å². The Morgan fingerprint density at radius 3 is 2.58 bits per heavy atom. The lowest BCUT2D eigenvalue weighted by Crippen LogP contribution is -2.40. The summed E-state index contributed by atoms with van der Waals surface area (Å²) in [6.45, 7) is 7.15. The molecule has 2 nitrogen and oxygen atoms in total. The van der Waals surface area contributed by atoms with Gasteiger partial charge in [-0.1, -0.05) is 32.0 Å². The van der Waals surface area contributed by atoms with E-state index in [1.165, 1.54) is 43.5 Å². The first-order valence-electron chi connectivity index (χ1n) is 7.74. The number of nitrogens with zero attached hydrogens (tertiary/aromatic N) is 1. The molecule has 1 unspecified atom stereocenters. The summed E-state index contributed by atoms with van der Waals surface area (Å²) < 4.78 is 0. The standard InChI is InChI=1S/C17H27NO/c1-3-10-18(11-4-2)16-8-9-17-14(12-16)6-5-7-15(17)13-19/h5-7,16,19H,3-4,8-13H2,1-2H3. The zero-order valence-corrected chi connectivity index (χ0v) is 12.4. The summed E-state index contributed by atoms with van der Waals surface area (Å²) in [6, 6.07) is 7.10. The van der Waals surface area contributed by atoms with Crippen LogP contribution in [0.3, 0.4) is 0 Å². The van der Waals surface area contributed by atoms with Gasteiger partial charge in [-0.25, -0.2) is 0 Å². The second-order valence-corrected chi connectivity index (χ2v) is 5.65. The molecule has 2 heteroatoms. The molecule has 1 atom stereocenters. The molecule has 0 aromatic heterocycles. The smallest absolute Gasteiger partial charge is 0.0684 e. The molecule has 19 heavy (non-hydrogen) atoms. The van der Waals surface area contributed by atoms with Crippen LogP contribution < -0.4 is 0 Å². The fourth-order valence-electron chi connectivity index (χ4n) is 3.38. The Hall–Kier alpha value is -0.860. The van der Waals surface area contributed by atoms with E-state index in [2.05, 4.69) is 36.9 Å². The van der Waals surface area contributed by atoms with Crippen molar-refractivity contribution in [2.45, 2.75) is 58.6 Å². The minimum Gasteiger partial charge on any atom is -0.392 e. The topological polar surface area (TPSA) is 23.5 Å². The van der Waals surface area contributed by atoms with E-state index in [9.17, 15) is 5.11 Å². The lowest BCUT2D eigenvalue weighted by Gasteiger charge is -2.35. The maximum Gasteiger partial charge on any atom is 0.0684 e. The predicted molar refractivity (Wildman–Crippen MR) is 80.3 cm³/mol. The molecule has 0 spiro atoms. The molecule has 0 fully saturated rings. The number of hydrogen-bond acceptors (Lipinski definition) is 2. The van der Waals surface area contributed by atoms with Gasteiger partial charge in [0, 0.05) is 6.04 Å². The van der Waals surface area contributed by atoms with E-state index in [1.807, 2.05) is 0 Å². The number of hydrogen-bond donors (Lipinski definition) is 1. The highest BCUT2D eigenvalue weighted by atomic mass is 16.3. The summed E-state index contributed by atoms with van der Waals surface area (Å²) in [6.07, 6.45) is 5.99. The first kappa shape index (κ1) is 14.5. The summed E-state index contributed by atoms with van der Waals surface area (Å²) >= 11 is 0. The van der Waals surface area contributed by atoms with Crippen LogP contribution >= 0.6 is 0 Å². The van der Waals surface area contributed by atoms with E-state index in [0.29, 0.717) is 6.04 Å². The van der Waals surface area contributed by atoms with Crippen LogP contribution in [0.1, 0.15) is 49.8 Å². The molecule has 0 aliphatic heterocycles. The number of aliphatic hydroxyl groups excluding tert-OH is 1. The minimum absolute atomic E-state index is 0.182. The number of benzene rings is 1. The SMILES string of the molecule is CCCN(CCC)C1CCc2c(CO)cccc2C1. The molecule has 0 saturated carbocycles. The largest absolute Gasteiger partial charge is 0.392 e. The highest BCUT2D eigenvalue weighted by Gasteiger charge is 2.24. The maximum absolute atomic E-state index is 9.43. The Bertz CT molecular complexity index is 396. The second-order valence-electron chi connectivity index (χ2n) is 5.65. The van der Waals surface area contributed by atoms with Crippen molar-refractivity contribution in [1.29, 1.82) is 0 Å². The van der Waals surface area contributed by atoms with Gasteiger partial charge in [0.1, 0.15) is 0 Å². The lowest BCUT2D eigenvalue weighted by atomic mass is 9.85. The van der Waals surface area contributed by atoms with Crippen molar-refractivity contribution in [2.75, 3.05) is 13.1 Å². The van der Waals surface area contributed by atoms with Crippen LogP contribution in [0.2, 0.25) is 0 Å². The average molecular weight is 261 g/mol. The monoisotopic (exact) mass is 261 g/mol. The van der Waals surface area contributed by atoms with Crippen molar-refractivity contribution < 1.29 is 5.11 Å². The van der Waals surface area contributed by atoms with E-state index < -0.39 is 0 Å². The molecular formula is C17H27NO. The third-order valence-corrected chi connectivity index (χ3v) is 4.26. The quantitative estimate of drug-likeness (QED) is 0.850. The summed E-state index contributed by atoms with van der Waals surface area (Å²) in [4.78, 5) is 2.66. The van der Waals surface area contributed by atoms with Gasteiger partial charge in [0.05, 0.1) is 6.61 Å². The zero-order chi connectivity index (χ0) is 13.7. The van der Waals surface area contributed by atoms with Crippen LogP contribution in [0.25, 0.3) is 0 Å².